The molecule has 1 aliphatic heterocycles. The van der Waals surface area contributed by atoms with Crippen LogP contribution in [0.3, 0.4) is 0 Å². The van der Waals surface area contributed by atoms with Crippen LogP contribution in [0.5, 0.6) is 0 Å². The fourth-order valence-electron chi connectivity index (χ4n) is 1.69. The van der Waals surface area contributed by atoms with Gasteiger partial charge in [0.2, 0.25) is 17.7 Å². The topological polar surface area (TPSA) is 87.3 Å². The van der Waals surface area contributed by atoms with Crippen LogP contribution in [0.1, 0.15) is 26.7 Å². The van der Waals surface area contributed by atoms with Crippen molar-refractivity contribution in [2.75, 3.05) is 6.54 Å². The summed E-state index contributed by atoms with van der Waals surface area (Å²) in [6.45, 7) is 3.73. The molecule has 3 amide bonds. The number of hydrogen-bond acceptors (Lipinski definition) is 3. The van der Waals surface area contributed by atoms with Crippen LogP contribution in [-0.4, -0.2) is 36.3 Å². The smallest absolute Gasteiger partial charge is 0.243 e. The maximum Gasteiger partial charge on any atom is 0.243 e. The highest BCUT2D eigenvalue weighted by atomic mass is 16.2. The minimum Gasteiger partial charge on any atom is -0.355 e. The van der Waals surface area contributed by atoms with Crippen molar-refractivity contribution in [3.8, 4) is 0 Å². The van der Waals surface area contributed by atoms with Crippen molar-refractivity contribution in [2.45, 2.75) is 38.8 Å². The molecule has 90 valence electrons. The lowest BCUT2D eigenvalue weighted by Crippen LogP contribution is -2.57. The zero-order valence-electron chi connectivity index (χ0n) is 9.50. The summed E-state index contributed by atoms with van der Waals surface area (Å²) in [6, 6.07) is -0.986. The average Bonchev–Trinajstić information content (AvgIpc) is 2.20. The Hall–Kier alpha value is -1.59. The average molecular weight is 227 g/mol. The van der Waals surface area contributed by atoms with Gasteiger partial charge in [-0.25, -0.2) is 0 Å². The molecule has 1 fully saturated rings. The predicted octanol–water partition coefficient (Wildman–Crippen LogP) is -1.09. The first-order valence-electron chi connectivity index (χ1n) is 5.39. The molecule has 0 bridgehead atoms. The molecule has 6 nitrogen and oxygen atoms in total. The molecular formula is C10H17N3O3. The van der Waals surface area contributed by atoms with E-state index in [0.717, 1.165) is 0 Å². The van der Waals surface area contributed by atoms with Crippen LogP contribution in [0.4, 0.5) is 0 Å². The molecule has 0 aliphatic carbocycles. The lowest BCUT2D eigenvalue weighted by Gasteiger charge is -2.28. The van der Waals surface area contributed by atoms with Crippen LogP contribution in [0, 0.1) is 0 Å². The molecule has 0 aromatic carbocycles. The third-order valence-corrected chi connectivity index (χ3v) is 2.42. The van der Waals surface area contributed by atoms with E-state index in [-0.39, 0.29) is 17.7 Å². The Morgan fingerprint density at radius 1 is 1.44 bits per heavy atom. The van der Waals surface area contributed by atoms with Gasteiger partial charge in [0, 0.05) is 13.5 Å². The summed E-state index contributed by atoms with van der Waals surface area (Å²) in [5, 5.41) is 7.78. The minimum atomic E-state index is -0.511. The Morgan fingerprint density at radius 2 is 2.12 bits per heavy atom. The largest absolute Gasteiger partial charge is 0.355 e. The molecule has 1 rings (SSSR count). The third kappa shape index (κ3) is 3.22. The van der Waals surface area contributed by atoms with Crippen LogP contribution in [0.2, 0.25) is 0 Å². The second-order valence-electron chi connectivity index (χ2n) is 3.79. The van der Waals surface area contributed by atoms with Gasteiger partial charge in [-0.05, 0) is 19.8 Å². The van der Waals surface area contributed by atoms with Gasteiger partial charge in [0.15, 0.2) is 0 Å². The second-order valence-corrected chi connectivity index (χ2v) is 3.79. The second kappa shape index (κ2) is 5.48. The fraction of sp³-hybridized carbons (Fsp3) is 0.700. The summed E-state index contributed by atoms with van der Waals surface area (Å²) in [5.41, 5.74) is 0. The molecule has 0 saturated carbocycles. The van der Waals surface area contributed by atoms with Crippen molar-refractivity contribution >= 4 is 17.7 Å². The number of rotatable bonds is 3. The van der Waals surface area contributed by atoms with E-state index in [2.05, 4.69) is 16.0 Å². The van der Waals surface area contributed by atoms with Crippen LogP contribution >= 0.6 is 0 Å². The highest BCUT2D eigenvalue weighted by molar-refractivity contribution is 5.92. The first-order valence-corrected chi connectivity index (χ1v) is 5.39. The van der Waals surface area contributed by atoms with Crippen LogP contribution < -0.4 is 16.0 Å². The highest BCUT2D eigenvalue weighted by Gasteiger charge is 2.31. The van der Waals surface area contributed by atoms with E-state index < -0.39 is 12.1 Å². The summed E-state index contributed by atoms with van der Waals surface area (Å²) in [5.74, 6) is -0.702. The van der Waals surface area contributed by atoms with Gasteiger partial charge in [-0.3, -0.25) is 14.4 Å². The Labute approximate surface area is 94.2 Å². The zero-order valence-corrected chi connectivity index (χ0v) is 9.50. The van der Waals surface area contributed by atoms with Crippen molar-refractivity contribution in [3.63, 3.8) is 0 Å². The van der Waals surface area contributed by atoms with E-state index in [1.807, 2.05) is 6.92 Å². The van der Waals surface area contributed by atoms with E-state index in [1.165, 1.54) is 6.92 Å². The van der Waals surface area contributed by atoms with Gasteiger partial charge >= 0.3 is 0 Å². The molecule has 0 spiro atoms. The Morgan fingerprint density at radius 3 is 2.62 bits per heavy atom. The van der Waals surface area contributed by atoms with Gasteiger partial charge in [0.05, 0.1) is 0 Å². The lowest BCUT2D eigenvalue weighted by molar-refractivity contribution is -0.134. The van der Waals surface area contributed by atoms with Crippen LogP contribution in [0.15, 0.2) is 0 Å². The van der Waals surface area contributed by atoms with Gasteiger partial charge in [-0.2, -0.15) is 0 Å². The molecule has 2 atom stereocenters. The number of piperidine rings is 1. The minimum absolute atomic E-state index is 0.169. The molecule has 0 unspecified atom stereocenters. The van der Waals surface area contributed by atoms with E-state index >= 15 is 0 Å². The molecule has 16 heavy (non-hydrogen) atoms. The number of carbonyl (C=O) groups excluding carboxylic acids is 3. The number of amides is 3. The number of likely N-dealkylation sites (N-methyl/N-ethyl adjacent to an activating group) is 1. The summed E-state index contributed by atoms with van der Waals surface area (Å²) in [7, 11) is 0. The van der Waals surface area contributed by atoms with Gasteiger partial charge in [0.1, 0.15) is 12.1 Å². The van der Waals surface area contributed by atoms with Gasteiger partial charge in [-0.1, -0.05) is 0 Å². The molecule has 6 heteroatoms. The normalized spacial score (nSPS) is 24.5. The highest BCUT2D eigenvalue weighted by Crippen LogP contribution is 2.09. The molecule has 3 N–H and O–H groups in total. The van der Waals surface area contributed by atoms with E-state index in [0.29, 0.717) is 19.4 Å². The van der Waals surface area contributed by atoms with E-state index in [4.69, 9.17) is 0 Å². The van der Waals surface area contributed by atoms with Crippen LogP contribution in [-0.2, 0) is 14.4 Å². The molecule has 1 aliphatic rings. The SMILES string of the molecule is CCNC(=O)[C@@H]1CC[C@H](NC(C)=O)C(=O)N1. The maximum absolute atomic E-state index is 11.5. The summed E-state index contributed by atoms with van der Waals surface area (Å²) in [4.78, 5) is 33.8. The van der Waals surface area contributed by atoms with Gasteiger partial charge in [-0.15, -0.1) is 0 Å². The number of nitrogens with one attached hydrogen (secondary N) is 3. The van der Waals surface area contributed by atoms with Gasteiger partial charge < -0.3 is 16.0 Å². The fourth-order valence-corrected chi connectivity index (χ4v) is 1.69. The first-order chi connectivity index (χ1) is 7.54. The molecule has 0 aromatic rings. The van der Waals surface area contributed by atoms with Crippen molar-refractivity contribution in [1.82, 2.24) is 16.0 Å². The van der Waals surface area contributed by atoms with Gasteiger partial charge in [0.25, 0.3) is 0 Å². The van der Waals surface area contributed by atoms with E-state index in [9.17, 15) is 14.4 Å². The van der Waals surface area contributed by atoms with Crippen molar-refractivity contribution in [2.24, 2.45) is 0 Å². The molecule has 1 heterocycles. The van der Waals surface area contributed by atoms with Crippen LogP contribution in [0.25, 0.3) is 0 Å². The first kappa shape index (κ1) is 12.5. The summed E-state index contributed by atoms with van der Waals surface area (Å²) in [6.07, 6.45) is 1.04. The number of hydrogen-bond donors (Lipinski definition) is 3. The lowest BCUT2D eigenvalue weighted by atomic mass is 9.99. The molecule has 0 radical (unpaired) electrons. The Kier molecular flexibility index (Phi) is 4.28. The Balaban J connectivity index is 2.48. The standard InChI is InChI=1S/C10H17N3O3/c1-3-11-9(15)7-4-5-8(10(16)13-7)12-6(2)14/h7-8H,3-5H2,1-2H3,(H,11,15)(H,12,14)(H,13,16)/t7-,8-/m0/s1. The van der Waals surface area contributed by atoms with Crippen molar-refractivity contribution in [3.05, 3.63) is 0 Å². The molecule has 0 aromatic heterocycles. The third-order valence-electron chi connectivity index (χ3n) is 2.42. The van der Waals surface area contributed by atoms with Crippen molar-refractivity contribution < 1.29 is 14.4 Å². The summed E-state index contributed by atoms with van der Waals surface area (Å²) >= 11 is 0. The monoisotopic (exact) mass is 227 g/mol. The van der Waals surface area contributed by atoms with Crippen molar-refractivity contribution in [1.29, 1.82) is 0 Å². The number of carbonyl (C=O) groups is 3. The summed E-state index contributed by atoms with van der Waals surface area (Å²) < 4.78 is 0. The quantitative estimate of drug-likeness (QED) is 0.572. The maximum atomic E-state index is 11.5. The molecule has 1 saturated heterocycles. The Bertz CT molecular complexity index is 304. The zero-order chi connectivity index (χ0) is 12.1. The van der Waals surface area contributed by atoms with E-state index in [1.54, 1.807) is 0 Å². The predicted molar refractivity (Wildman–Crippen MR) is 57.5 cm³/mol. The molecular weight excluding hydrogens is 210 g/mol.